The van der Waals surface area contributed by atoms with E-state index < -0.39 is 15.6 Å². The molecule has 0 aliphatic carbocycles. The van der Waals surface area contributed by atoms with Gasteiger partial charge in [0, 0.05) is 42.7 Å². The summed E-state index contributed by atoms with van der Waals surface area (Å²) in [6.07, 6.45) is 7.63. The van der Waals surface area contributed by atoms with Crippen LogP contribution in [0.15, 0.2) is 36.9 Å². The number of fused-ring (bicyclic) bond motifs is 2. The molecule has 0 unspecified atom stereocenters. The van der Waals surface area contributed by atoms with Crippen LogP contribution in [0.2, 0.25) is 43.3 Å². The second-order valence-electron chi connectivity index (χ2n) is 13.2. The second kappa shape index (κ2) is 16.3. The summed E-state index contributed by atoms with van der Waals surface area (Å²) in [6, 6.07) is 3.95. The van der Waals surface area contributed by atoms with E-state index >= 15 is 0 Å². The summed E-state index contributed by atoms with van der Waals surface area (Å²) in [5.41, 5.74) is 6.01. The second-order valence-corrected chi connectivity index (χ2v) is 29.2. The highest BCUT2D eigenvalue weighted by molar-refractivity contribution is 14.1. The van der Waals surface area contributed by atoms with Crippen molar-refractivity contribution in [2.24, 2.45) is 0 Å². The van der Waals surface area contributed by atoms with Crippen LogP contribution >= 0.6 is 79.5 Å². The molecular weight excluding hydrogens is 857 g/mol. The summed E-state index contributed by atoms with van der Waals surface area (Å²) in [5, 5.41) is 3.65. The van der Waals surface area contributed by atoms with Gasteiger partial charge in [0.25, 0.3) is 0 Å². The molecule has 0 aromatic carbocycles. The van der Waals surface area contributed by atoms with Crippen molar-refractivity contribution in [2.75, 3.05) is 0 Å². The Labute approximate surface area is 303 Å². The molecule has 0 radical (unpaired) electrons. The lowest BCUT2D eigenvalue weighted by Crippen LogP contribution is -2.51. The molecule has 0 spiro atoms. The monoisotopic (exact) mass is 904 g/mol. The third kappa shape index (κ3) is 8.55. The lowest BCUT2D eigenvalue weighted by Gasteiger charge is -2.44. The molecule has 0 saturated carbocycles. The van der Waals surface area contributed by atoms with E-state index in [1.165, 1.54) is 8.96 Å². The maximum absolute atomic E-state index is 6.68. The number of H-pyrrole nitrogens is 1. The fraction of sp³-hybridized carbons (Fsp3) is 0.562. The summed E-state index contributed by atoms with van der Waals surface area (Å²) >= 11 is 23.2. The highest BCUT2D eigenvalue weighted by Crippen LogP contribution is 2.45. The largest absolute Gasteiger partial charge is 0.358 e. The van der Waals surface area contributed by atoms with Crippen LogP contribution < -0.4 is 0 Å². The Hall–Kier alpha value is 0.144. The highest BCUT2D eigenvalue weighted by atomic mass is 127. The quantitative estimate of drug-likeness (QED) is 0.114. The number of aromatic amines is 1. The van der Waals surface area contributed by atoms with Crippen molar-refractivity contribution in [2.45, 2.75) is 116 Å². The smallest absolute Gasteiger partial charge is 0.171 e. The third-order valence-electron chi connectivity index (χ3n) is 8.85. The van der Waals surface area contributed by atoms with E-state index in [2.05, 4.69) is 154 Å². The zero-order valence-electron chi connectivity index (χ0n) is 27.7. The third-order valence-corrected chi connectivity index (χ3v) is 27.0. The van der Waals surface area contributed by atoms with Crippen molar-refractivity contribution >= 4 is 117 Å². The number of hydrogen-bond donors (Lipinski definition) is 1. The Morgan fingerprint density at radius 1 is 0.674 bits per heavy atom. The molecular formula is C32H49Cl3I2N4Si2. The van der Waals surface area contributed by atoms with Crippen LogP contribution in [0.4, 0.5) is 0 Å². The van der Waals surface area contributed by atoms with E-state index in [0.29, 0.717) is 43.3 Å². The van der Waals surface area contributed by atoms with Gasteiger partial charge < -0.3 is 9.22 Å². The van der Waals surface area contributed by atoms with Crippen molar-refractivity contribution < 1.29 is 0 Å². The van der Waals surface area contributed by atoms with Crippen molar-refractivity contribution in [3.8, 4) is 0 Å². The molecule has 4 rings (SSSR count). The SMILES string of the molecule is CC(C)[Si](C(C)C)(C(C)C)n1cc(I)c2cc(Cl)cnc21.CC(C)[Si](Cl)(C(C)C)C(C)C.Clc1cnc2[nH]cc(I)c2c1. The minimum Gasteiger partial charge on any atom is -0.358 e. The van der Waals surface area contributed by atoms with Crippen LogP contribution in [0.3, 0.4) is 0 Å². The standard InChI is InChI=1S/C16H24ClIN2Si.C9H21ClSi.C7H4ClIN2/c1-10(2)21(11(3)4,12(5)6)20-9-15(18)14-7-13(17)8-19-16(14)20;1-7(2)11(10,8(3)4)9(5)6;8-4-1-5-6(9)3-11-7(5)10-2-4/h7-12H,1-6H3;7-9H,1-6H3;1-3H,(H,10,11). The van der Waals surface area contributed by atoms with E-state index in [9.17, 15) is 0 Å². The van der Waals surface area contributed by atoms with Gasteiger partial charge in [0.1, 0.15) is 11.3 Å². The molecule has 0 aliphatic rings. The summed E-state index contributed by atoms with van der Waals surface area (Å²) in [6.45, 7) is 27.8. The first-order valence-corrected chi connectivity index (χ1v) is 23.5. The van der Waals surface area contributed by atoms with Gasteiger partial charge in [-0.25, -0.2) is 9.97 Å². The van der Waals surface area contributed by atoms with E-state index in [1.54, 1.807) is 12.4 Å². The van der Waals surface area contributed by atoms with Crippen molar-refractivity contribution in [1.82, 2.24) is 19.2 Å². The molecule has 4 aromatic rings. The van der Waals surface area contributed by atoms with Crippen LogP contribution in [0, 0.1) is 7.14 Å². The van der Waals surface area contributed by atoms with Gasteiger partial charge in [-0.3, -0.25) is 0 Å². The number of halogens is 5. The van der Waals surface area contributed by atoms with Crippen LogP contribution in [-0.4, -0.2) is 34.8 Å². The average Bonchev–Trinajstić information content (AvgIpc) is 3.42. The van der Waals surface area contributed by atoms with Crippen LogP contribution in [0.5, 0.6) is 0 Å². The van der Waals surface area contributed by atoms with Gasteiger partial charge in [0.15, 0.2) is 15.6 Å². The number of nitrogens with zero attached hydrogens (tertiary/aromatic N) is 3. The Morgan fingerprint density at radius 3 is 1.53 bits per heavy atom. The van der Waals surface area contributed by atoms with Crippen molar-refractivity contribution in [3.63, 3.8) is 0 Å². The molecule has 43 heavy (non-hydrogen) atoms. The first-order valence-electron chi connectivity index (χ1n) is 15.1. The van der Waals surface area contributed by atoms with Crippen molar-refractivity contribution in [3.05, 3.63) is 54.1 Å². The molecule has 240 valence electrons. The van der Waals surface area contributed by atoms with E-state index in [4.69, 9.17) is 34.3 Å². The van der Waals surface area contributed by atoms with Gasteiger partial charge in [-0.1, -0.05) is 106 Å². The van der Waals surface area contributed by atoms with Gasteiger partial charge in [-0.2, -0.15) is 11.1 Å². The molecule has 11 heteroatoms. The first-order chi connectivity index (χ1) is 19.8. The highest BCUT2D eigenvalue weighted by Gasteiger charge is 2.46. The van der Waals surface area contributed by atoms with Crippen LogP contribution in [-0.2, 0) is 0 Å². The molecule has 0 fully saturated rings. The predicted octanol–water partition coefficient (Wildman–Crippen LogP) is 13.5. The van der Waals surface area contributed by atoms with E-state index in [1.807, 2.05) is 18.3 Å². The number of rotatable bonds is 7. The number of pyridine rings is 2. The van der Waals surface area contributed by atoms with Gasteiger partial charge in [0.2, 0.25) is 0 Å². The fourth-order valence-corrected chi connectivity index (χ4v) is 19.5. The fourth-order valence-electron chi connectivity index (χ4n) is 7.12. The molecule has 4 heterocycles. The maximum Gasteiger partial charge on any atom is 0.171 e. The zero-order valence-corrected chi connectivity index (χ0v) is 36.2. The van der Waals surface area contributed by atoms with E-state index in [-0.39, 0.29) is 0 Å². The minimum atomic E-state index is -1.76. The van der Waals surface area contributed by atoms with Crippen molar-refractivity contribution in [1.29, 1.82) is 0 Å². The number of aromatic nitrogens is 4. The molecule has 1 N–H and O–H groups in total. The molecule has 0 aliphatic heterocycles. The Bertz CT molecular complexity index is 1440. The van der Waals surface area contributed by atoms with Crippen LogP contribution in [0.25, 0.3) is 22.1 Å². The normalized spacial score (nSPS) is 12.6. The lowest BCUT2D eigenvalue weighted by atomic mass is 10.3. The van der Waals surface area contributed by atoms with Gasteiger partial charge in [0.05, 0.1) is 10.0 Å². The molecule has 0 bridgehead atoms. The summed E-state index contributed by atoms with van der Waals surface area (Å²) < 4.78 is 4.93. The zero-order chi connectivity index (χ0) is 33.0. The molecule has 0 atom stereocenters. The Kier molecular flexibility index (Phi) is 14.9. The first kappa shape index (κ1) is 39.3. The minimum absolute atomic E-state index is 0.654. The average molecular weight is 906 g/mol. The van der Waals surface area contributed by atoms with Gasteiger partial charge in [-0.15, -0.1) is 0 Å². The van der Waals surface area contributed by atoms with E-state index in [0.717, 1.165) is 20.3 Å². The molecule has 4 aromatic heterocycles. The van der Waals surface area contributed by atoms with Crippen LogP contribution in [0.1, 0.15) is 83.1 Å². The topological polar surface area (TPSA) is 46.5 Å². The number of nitrogens with one attached hydrogen (secondary N) is 1. The Morgan fingerprint density at radius 2 is 1.12 bits per heavy atom. The summed E-state index contributed by atoms with van der Waals surface area (Å²) in [4.78, 5) is 11.8. The Balaban J connectivity index is 0.000000247. The lowest BCUT2D eigenvalue weighted by molar-refractivity contribution is 0.770. The van der Waals surface area contributed by atoms with Gasteiger partial charge >= 0.3 is 0 Å². The maximum atomic E-state index is 6.68. The predicted molar refractivity (Wildman–Crippen MR) is 215 cm³/mol. The van der Waals surface area contributed by atoms with Gasteiger partial charge in [-0.05, 0) is 90.6 Å². The molecule has 0 amide bonds. The summed E-state index contributed by atoms with van der Waals surface area (Å²) in [7, 11) is -3.27. The summed E-state index contributed by atoms with van der Waals surface area (Å²) in [5.74, 6) is 0. The number of hydrogen-bond acceptors (Lipinski definition) is 2. The molecule has 4 nitrogen and oxygen atoms in total. The molecule has 0 saturated heterocycles.